The zero-order valence-corrected chi connectivity index (χ0v) is 19.4. The van der Waals surface area contributed by atoms with Crippen LogP contribution in [0.4, 0.5) is 0 Å². The van der Waals surface area contributed by atoms with E-state index in [1.165, 1.54) is 12.1 Å². The largest absolute Gasteiger partial charge is 0.504 e. The van der Waals surface area contributed by atoms with Gasteiger partial charge in [0, 0.05) is 5.56 Å². The quantitative estimate of drug-likeness (QED) is 0.356. The third kappa shape index (κ3) is 4.04. The van der Waals surface area contributed by atoms with Gasteiger partial charge in [-0.3, -0.25) is 4.79 Å². The van der Waals surface area contributed by atoms with Crippen molar-refractivity contribution in [2.75, 3.05) is 7.11 Å². The first-order chi connectivity index (χ1) is 15.5. The van der Waals surface area contributed by atoms with Crippen LogP contribution in [-0.4, -0.2) is 28.2 Å². The summed E-state index contributed by atoms with van der Waals surface area (Å²) in [6.45, 7) is 7.18. The number of phenols is 2. The average molecular weight is 453 g/mol. The molecule has 33 heavy (non-hydrogen) atoms. The van der Waals surface area contributed by atoms with Crippen molar-refractivity contribution in [2.45, 2.75) is 52.2 Å². The SMILES string of the molecule is COc1c(CC=C(C)C)c2c(c3oc(C(C)(C)O)cc13)C(=O)CC(c1ccc(O)c(O)c1)O2. The number of ketones is 1. The maximum absolute atomic E-state index is 13.4. The zero-order chi connectivity index (χ0) is 24.1. The van der Waals surface area contributed by atoms with Crippen LogP contribution in [0, 0.1) is 0 Å². The number of aromatic hydroxyl groups is 2. The minimum atomic E-state index is -1.25. The van der Waals surface area contributed by atoms with E-state index in [2.05, 4.69) is 0 Å². The third-order valence-corrected chi connectivity index (χ3v) is 5.78. The third-order valence-electron chi connectivity index (χ3n) is 5.78. The molecular formula is C26H28O7. The topological polar surface area (TPSA) is 109 Å². The van der Waals surface area contributed by atoms with Gasteiger partial charge in [0.05, 0.1) is 18.9 Å². The molecule has 0 saturated heterocycles. The summed E-state index contributed by atoms with van der Waals surface area (Å²) >= 11 is 0. The van der Waals surface area contributed by atoms with E-state index in [0.29, 0.717) is 51.3 Å². The van der Waals surface area contributed by atoms with Gasteiger partial charge in [0.1, 0.15) is 34.5 Å². The van der Waals surface area contributed by atoms with Crippen molar-refractivity contribution in [3.8, 4) is 23.0 Å². The minimum Gasteiger partial charge on any atom is -0.504 e. The summed E-state index contributed by atoms with van der Waals surface area (Å²) in [6, 6.07) is 6.08. The number of carbonyl (C=O) groups excluding carboxylic acids is 1. The van der Waals surface area contributed by atoms with Crippen LogP contribution < -0.4 is 9.47 Å². The van der Waals surface area contributed by atoms with Gasteiger partial charge >= 0.3 is 0 Å². The number of hydrogen-bond donors (Lipinski definition) is 3. The second kappa shape index (κ2) is 8.15. The lowest BCUT2D eigenvalue weighted by Gasteiger charge is -2.28. The molecule has 0 radical (unpaired) electrons. The number of methoxy groups -OCH3 is 1. The van der Waals surface area contributed by atoms with Gasteiger partial charge in [-0.2, -0.15) is 0 Å². The molecule has 7 heteroatoms. The van der Waals surface area contributed by atoms with Crippen LogP contribution >= 0.6 is 0 Å². The number of carbonyl (C=O) groups is 1. The number of allylic oxidation sites excluding steroid dienone is 2. The standard InChI is InChI=1S/C26H28O7/c1-13(2)6-8-15-23(31-5)16-11-21(26(3,4)30)33-25(16)22-19(29)12-20(32-24(15)22)14-7-9-17(27)18(28)10-14/h6-7,9-11,20,27-28,30H,8,12H2,1-5H3. The summed E-state index contributed by atoms with van der Waals surface area (Å²) in [5, 5.41) is 30.7. The molecule has 0 saturated carbocycles. The fraction of sp³-hybridized carbons (Fsp3) is 0.346. The number of ether oxygens (including phenoxy) is 2. The second-order valence-electron chi connectivity index (χ2n) is 9.10. The molecule has 1 aliphatic heterocycles. The number of rotatable bonds is 5. The minimum absolute atomic E-state index is 0.0271. The van der Waals surface area contributed by atoms with Crippen molar-refractivity contribution < 1.29 is 34.0 Å². The number of furan rings is 1. The Balaban J connectivity index is 1.97. The first-order valence-electron chi connectivity index (χ1n) is 10.8. The van der Waals surface area contributed by atoms with Gasteiger partial charge in [-0.1, -0.05) is 17.7 Å². The molecule has 4 rings (SSSR count). The molecule has 0 fully saturated rings. The fourth-order valence-electron chi connectivity index (χ4n) is 4.06. The lowest BCUT2D eigenvalue weighted by atomic mass is 9.91. The van der Waals surface area contributed by atoms with E-state index < -0.39 is 11.7 Å². The van der Waals surface area contributed by atoms with Gasteiger partial charge in [0.2, 0.25) is 0 Å². The number of hydrogen-bond acceptors (Lipinski definition) is 7. The summed E-state index contributed by atoms with van der Waals surface area (Å²) in [7, 11) is 1.55. The van der Waals surface area contributed by atoms with E-state index in [1.54, 1.807) is 33.1 Å². The summed E-state index contributed by atoms with van der Waals surface area (Å²) in [5.41, 5.74) is 1.74. The van der Waals surface area contributed by atoms with Gasteiger partial charge in [-0.05, 0) is 57.9 Å². The molecule has 1 aromatic heterocycles. The van der Waals surface area contributed by atoms with Crippen molar-refractivity contribution in [3.05, 3.63) is 58.4 Å². The highest BCUT2D eigenvalue weighted by Crippen LogP contribution is 2.49. The second-order valence-corrected chi connectivity index (χ2v) is 9.10. The Labute approximate surface area is 191 Å². The van der Waals surface area contributed by atoms with Crippen LogP contribution in [0.3, 0.4) is 0 Å². The highest BCUT2D eigenvalue weighted by atomic mass is 16.5. The Hall–Kier alpha value is -3.45. The lowest BCUT2D eigenvalue weighted by Crippen LogP contribution is -2.22. The van der Waals surface area contributed by atoms with Crippen LogP contribution in [0.25, 0.3) is 11.0 Å². The van der Waals surface area contributed by atoms with Crippen molar-refractivity contribution in [1.29, 1.82) is 0 Å². The predicted molar refractivity (Wildman–Crippen MR) is 123 cm³/mol. The normalized spacial score (nSPS) is 15.8. The molecule has 7 nitrogen and oxygen atoms in total. The Morgan fingerprint density at radius 2 is 1.94 bits per heavy atom. The molecule has 1 aliphatic rings. The molecule has 2 heterocycles. The molecule has 1 atom stereocenters. The van der Waals surface area contributed by atoms with Crippen LogP contribution in [0.15, 0.2) is 40.3 Å². The first kappa shape index (κ1) is 22.7. The molecule has 1 unspecified atom stereocenters. The molecule has 3 N–H and O–H groups in total. The van der Waals surface area contributed by atoms with Crippen LogP contribution in [0.1, 0.15) is 67.5 Å². The van der Waals surface area contributed by atoms with Crippen LogP contribution in [0.5, 0.6) is 23.0 Å². The monoisotopic (exact) mass is 452 g/mol. The molecule has 3 aromatic rings. The number of Topliss-reactive ketones (excluding diaryl/α,β-unsaturated/α-hetero) is 1. The van der Waals surface area contributed by atoms with Gasteiger partial charge in [0.25, 0.3) is 0 Å². The zero-order valence-electron chi connectivity index (χ0n) is 19.4. The summed E-state index contributed by atoms with van der Waals surface area (Å²) in [6.07, 6.45) is 1.85. The van der Waals surface area contributed by atoms with E-state index >= 15 is 0 Å². The molecule has 0 spiro atoms. The van der Waals surface area contributed by atoms with Crippen molar-refractivity contribution in [3.63, 3.8) is 0 Å². The van der Waals surface area contributed by atoms with Crippen molar-refractivity contribution in [1.82, 2.24) is 0 Å². The highest BCUT2D eigenvalue weighted by molar-refractivity contribution is 6.12. The number of aliphatic hydroxyl groups is 1. The molecule has 0 bridgehead atoms. The van der Waals surface area contributed by atoms with E-state index in [9.17, 15) is 20.1 Å². The van der Waals surface area contributed by atoms with E-state index in [1.807, 2.05) is 19.9 Å². The Kier molecular flexibility index (Phi) is 5.62. The maximum Gasteiger partial charge on any atom is 0.174 e. The lowest BCUT2D eigenvalue weighted by molar-refractivity contribution is 0.0556. The Morgan fingerprint density at radius 3 is 2.55 bits per heavy atom. The number of benzene rings is 2. The van der Waals surface area contributed by atoms with Crippen LogP contribution in [0.2, 0.25) is 0 Å². The van der Waals surface area contributed by atoms with E-state index in [-0.39, 0.29) is 23.7 Å². The predicted octanol–water partition coefficient (Wildman–Crippen LogP) is 5.30. The molecule has 0 aliphatic carbocycles. The van der Waals surface area contributed by atoms with Gasteiger partial charge < -0.3 is 29.2 Å². The molecular weight excluding hydrogens is 424 g/mol. The average Bonchev–Trinajstić information content (AvgIpc) is 3.18. The van der Waals surface area contributed by atoms with E-state index in [0.717, 1.165) is 5.57 Å². The summed E-state index contributed by atoms with van der Waals surface area (Å²) in [5.74, 6) is 0.480. The first-order valence-corrected chi connectivity index (χ1v) is 10.8. The van der Waals surface area contributed by atoms with E-state index in [4.69, 9.17) is 13.9 Å². The molecule has 0 amide bonds. The van der Waals surface area contributed by atoms with Crippen molar-refractivity contribution >= 4 is 16.8 Å². The number of fused-ring (bicyclic) bond motifs is 3. The molecule has 174 valence electrons. The maximum atomic E-state index is 13.4. The Morgan fingerprint density at radius 1 is 1.21 bits per heavy atom. The summed E-state index contributed by atoms with van der Waals surface area (Å²) in [4.78, 5) is 13.4. The fourth-order valence-corrected chi connectivity index (χ4v) is 4.06. The highest BCUT2D eigenvalue weighted by Gasteiger charge is 2.36. The summed E-state index contributed by atoms with van der Waals surface area (Å²) < 4.78 is 18.1. The van der Waals surface area contributed by atoms with Crippen molar-refractivity contribution in [2.24, 2.45) is 0 Å². The number of phenolic OH excluding ortho intramolecular Hbond substituents is 2. The van der Waals surface area contributed by atoms with Gasteiger partial charge in [-0.25, -0.2) is 0 Å². The van der Waals surface area contributed by atoms with Crippen LogP contribution in [-0.2, 0) is 12.0 Å². The Bertz CT molecular complexity index is 1270. The smallest absolute Gasteiger partial charge is 0.174 e. The van der Waals surface area contributed by atoms with Gasteiger partial charge in [-0.15, -0.1) is 0 Å². The van der Waals surface area contributed by atoms with Gasteiger partial charge in [0.15, 0.2) is 22.9 Å². The molecule has 2 aromatic carbocycles.